The van der Waals surface area contributed by atoms with E-state index in [0.29, 0.717) is 18.2 Å². The molecule has 1 aromatic rings. The maximum absolute atomic E-state index is 12.3. The van der Waals surface area contributed by atoms with E-state index < -0.39 is 12.1 Å². The molecule has 0 bridgehead atoms. The van der Waals surface area contributed by atoms with Crippen LogP contribution >= 0.6 is 0 Å². The van der Waals surface area contributed by atoms with Gasteiger partial charge in [-0.3, -0.25) is 4.79 Å². The molecule has 1 aromatic carbocycles. The summed E-state index contributed by atoms with van der Waals surface area (Å²) in [6, 6.07) is 8.16. The van der Waals surface area contributed by atoms with Gasteiger partial charge in [0.1, 0.15) is 6.04 Å². The van der Waals surface area contributed by atoms with Gasteiger partial charge in [0.15, 0.2) is 0 Å². The lowest BCUT2D eigenvalue weighted by atomic mass is 10.0. The van der Waals surface area contributed by atoms with Gasteiger partial charge < -0.3 is 21.3 Å². The highest BCUT2D eigenvalue weighted by Gasteiger charge is 2.20. The number of rotatable bonds is 7. The van der Waals surface area contributed by atoms with Crippen LogP contribution in [0, 0.1) is 5.92 Å². The molecule has 0 fully saturated rings. The number of urea groups is 1. The van der Waals surface area contributed by atoms with E-state index in [0.717, 1.165) is 6.42 Å². The number of nitrogens with one attached hydrogen (secondary N) is 2. The second kappa shape index (κ2) is 9.15. The molecule has 3 amide bonds. The summed E-state index contributed by atoms with van der Waals surface area (Å²) in [5.41, 5.74) is 6.67. The number of nitrogens with two attached hydrogens (primary N) is 1. The average Bonchev–Trinajstić information content (AvgIpc) is 2.51. The van der Waals surface area contributed by atoms with Crippen LogP contribution in [0.2, 0.25) is 0 Å². The highest BCUT2D eigenvalue weighted by atomic mass is 16.2. The number of para-hydroxylation sites is 1. The normalized spacial score (nSPS) is 13.3. The van der Waals surface area contributed by atoms with Gasteiger partial charge in [0.05, 0.1) is 0 Å². The molecule has 2 unspecified atom stereocenters. The Morgan fingerprint density at radius 2 is 1.78 bits per heavy atom. The highest BCUT2D eigenvalue weighted by molar-refractivity contribution is 5.93. The van der Waals surface area contributed by atoms with Crippen molar-refractivity contribution in [3.63, 3.8) is 0 Å². The first-order valence-corrected chi connectivity index (χ1v) is 7.94. The summed E-state index contributed by atoms with van der Waals surface area (Å²) >= 11 is 0. The topological polar surface area (TPSA) is 87.5 Å². The number of hydrogen-bond donors (Lipinski definition) is 3. The van der Waals surface area contributed by atoms with Crippen molar-refractivity contribution in [2.75, 3.05) is 18.9 Å². The Morgan fingerprint density at radius 1 is 1.17 bits per heavy atom. The van der Waals surface area contributed by atoms with Crippen LogP contribution in [0.15, 0.2) is 30.3 Å². The maximum atomic E-state index is 12.3. The third-order valence-electron chi connectivity index (χ3n) is 3.78. The van der Waals surface area contributed by atoms with Gasteiger partial charge in [-0.05, 0) is 31.4 Å². The van der Waals surface area contributed by atoms with Gasteiger partial charge in [0.2, 0.25) is 5.91 Å². The van der Waals surface area contributed by atoms with Gasteiger partial charge >= 0.3 is 6.03 Å². The quantitative estimate of drug-likeness (QED) is 0.718. The number of carbonyl (C=O) groups is 2. The first kappa shape index (κ1) is 19.0. The van der Waals surface area contributed by atoms with Gasteiger partial charge in [0, 0.05) is 25.3 Å². The van der Waals surface area contributed by atoms with Crippen molar-refractivity contribution in [3.8, 4) is 0 Å². The number of anilines is 1. The fraction of sp³-hybridized carbons (Fsp3) is 0.529. The predicted molar refractivity (Wildman–Crippen MR) is 93.1 cm³/mol. The maximum Gasteiger partial charge on any atom is 0.319 e. The summed E-state index contributed by atoms with van der Waals surface area (Å²) in [4.78, 5) is 25.8. The molecule has 0 heterocycles. The van der Waals surface area contributed by atoms with Gasteiger partial charge in [-0.25, -0.2) is 4.79 Å². The van der Waals surface area contributed by atoms with E-state index in [9.17, 15) is 9.59 Å². The molecule has 0 aliphatic rings. The molecular formula is C17H28N4O2. The fourth-order valence-electron chi connectivity index (χ4n) is 2.06. The van der Waals surface area contributed by atoms with E-state index in [4.69, 9.17) is 5.73 Å². The minimum Gasteiger partial charge on any atom is -0.344 e. The lowest BCUT2D eigenvalue weighted by Gasteiger charge is -2.24. The van der Waals surface area contributed by atoms with Crippen molar-refractivity contribution in [2.45, 2.75) is 39.3 Å². The number of nitrogens with zero attached hydrogens (tertiary/aromatic N) is 1. The lowest BCUT2D eigenvalue weighted by molar-refractivity contribution is -0.131. The number of benzene rings is 1. The molecule has 0 aromatic heterocycles. The van der Waals surface area contributed by atoms with Crippen molar-refractivity contribution >= 4 is 17.6 Å². The van der Waals surface area contributed by atoms with Crippen LogP contribution in [0.25, 0.3) is 0 Å². The molecule has 0 saturated carbocycles. The molecular weight excluding hydrogens is 292 g/mol. The zero-order valence-electron chi connectivity index (χ0n) is 14.4. The molecule has 4 N–H and O–H groups in total. The standard InChI is InChI=1S/C17H28N4O2/c1-12(2)15(18)10-11-21(4)16(22)13(3)19-17(23)20-14-8-6-5-7-9-14/h5-9,12-13,15H,10-11,18H2,1-4H3,(H2,19,20,23). The van der Waals surface area contributed by atoms with Crippen molar-refractivity contribution in [3.05, 3.63) is 30.3 Å². The largest absolute Gasteiger partial charge is 0.344 e. The van der Waals surface area contributed by atoms with Gasteiger partial charge in [-0.15, -0.1) is 0 Å². The van der Waals surface area contributed by atoms with Crippen molar-refractivity contribution in [2.24, 2.45) is 11.7 Å². The summed E-state index contributed by atoms with van der Waals surface area (Å²) in [5.74, 6) is 0.245. The molecule has 6 heteroatoms. The summed E-state index contributed by atoms with van der Waals surface area (Å²) in [7, 11) is 1.72. The summed E-state index contributed by atoms with van der Waals surface area (Å²) in [6.45, 7) is 6.37. The molecule has 128 valence electrons. The van der Waals surface area contributed by atoms with Crippen LogP contribution in [0.5, 0.6) is 0 Å². The van der Waals surface area contributed by atoms with Crippen LogP contribution in [0.1, 0.15) is 27.2 Å². The van der Waals surface area contributed by atoms with E-state index in [2.05, 4.69) is 24.5 Å². The predicted octanol–water partition coefficient (Wildman–Crippen LogP) is 2.03. The summed E-state index contributed by atoms with van der Waals surface area (Å²) in [5, 5.41) is 5.34. The number of likely N-dealkylation sites (N-methyl/N-ethyl adjacent to an activating group) is 1. The molecule has 0 radical (unpaired) electrons. The van der Waals surface area contributed by atoms with E-state index in [1.54, 1.807) is 31.0 Å². The molecule has 1 rings (SSSR count). The summed E-state index contributed by atoms with van der Waals surface area (Å²) < 4.78 is 0. The Hall–Kier alpha value is -2.08. The minimum absolute atomic E-state index is 0.0647. The third-order valence-corrected chi connectivity index (χ3v) is 3.78. The number of amides is 3. The number of carbonyl (C=O) groups excluding carboxylic acids is 2. The second-order valence-electron chi connectivity index (χ2n) is 6.14. The van der Waals surface area contributed by atoms with Gasteiger partial charge in [-0.2, -0.15) is 0 Å². The van der Waals surface area contributed by atoms with E-state index >= 15 is 0 Å². The molecule has 6 nitrogen and oxygen atoms in total. The Kier molecular flexibility index (Phi) is 7.54. The Morgan fingerprint density at radius 3 is 2.35 bits per heavy atom. The van der Waals surface area contributed by atoms with E-state index in [-0.39, 0.29) is 11.9 Å². The Bertz CT molecular complexity index is 505. The lowest BCUT2D eigenvalue weighted by Crippen LogP contribution is -2.47. The highest BCUT2D eigenvalue weighted by Crippen LogP contribution is 2.06. The summed E-state index contributed by atoms with van der Waals surface area (Å²) in [6.07, 6.45) is 0.739. The Balaban J connectivity index is 2.41. The van der Waals surface area contributed by atoms with Crippen molar-refractivity contribution in [1.82, 2.24) is 10.2 Å². The average molecular weight is 320 g/mol. The van der Waals surface area contributed by atoms with Crippen molar-refractivity contribution in [1.29, 1.82) is 0 Å². The molecule has 2 atom stereocenters. The number of hydrogen-bond acceptors (Lipinski definition) is 3. The van der Waals surface area contributed by atoms with Crippen molar-refractivity contribution < 1.29 is 9.59 Å². The molecule has 0 spiro atoms. The van der Waals surface area contributed by atoms with E-state index in [1.165, 1.54) is 0 Å². The second-order valence-corrected chi connectivity index (χ2v) is 6.14. The monoisotopic (exact) mass is 320 g/mol. The minimum atomic E-state index is -0.598. The van der Waals surface area contributed by atoms with Crippen LogP contribution in [0.4, 0.5) is 10.5 Å². The first-order chi connectivity index (χ1) is 10.8. The zero-order valence-corrected chi connectivity index (χ0v) is 14.4. The van der Waals surface area contributed by atoms with Crippen LogP contribution in [0.3, 0.4) is 0 Å². The fourth-order valence-corrected chi connectivity index (χ4v) is 2.06. The molecule has 0 saturated heterocycles. The van der Waals surface area contributed by atoms with Crippen LogP contribution in [-0.4, -0.2) is 42.5 Å². The molecule has 0 aliphatic heterocycles. The first-order valence-electron chi connectivity index (χ1n) is 7.94. The van der Waals surface area contributed by atoms with Crippen LogP contribution < -0.4 is 16.4 Å². The van der Waals surface area contributed by atoms with Gasteiger partial charge in [-0.1, -0.05) is 32.0 Å². The molecule has 0 aliphatic carbocycles. The van der Waals surface area contributed by atoms with Crippen LogP contribution in [-0.2, 0) is 4.79 Å². The smallest absolute Gasteiger partial charge is 0.319 e. The van der Waals surface area contributed by atoms with E-state index in [1.807, 2.05) is 18.2 Å². The zero-order chi connectivity index (χ0) is 17.4. The molecule has 23 heavy (non-hydrogen) atoms. The third kappa shape index (κ3) is 6.69. The van der Waals surface area contributed by atoms with Gasteiger partial charge in [0.25, 0.3) is 0 Å². The SMILES string of the molecule is CC(NC(=O)Nc1ccccc1)C(=O)N(C)CCC(N)C(C)C. The Labute approximate surface area is 138 Å².